The molecule has 0 fully saturated rings. The molecule has 0 bridgehead atoms. The van der Waals surface area contributed by atoms with E-state index < -0.39 is 0 Å². The van der Waals surface area contributed by atoms with Gasteiger partial charge in [0.2, 0.25) is 0 Å². The van der Waals surface area contributed by atoms with Crippen LogP contribution >= 0.6 is 11.6 Å². The molecule has 0 amide bonds. The second kappa shape index (κ2) is 4.97. The maximum Gasteiger partial charge on any atom is 0.0623 e. The standard InChI is InChI=1S/C8H17ClO/c1-4-8(2,3)10-7-5-6-9/h4-7H2,1-3H3. The first-order chi connectivity index (χ1) is 4.62. The smallest absolute Gasteiger partial charge is 0.0623 e. The van der Waals surface area contributed by atoms with Crippen LogP contribution in [0.5, 0.6) is 0 Å². The molecule has 10 heavy (non-hydrogen) atoms. The van der Waals surface area contributed by atoms with E-state index in [4.69, 9.17) is 16.3 Å². The van der Waals surface area contributed by atoms with Crippen molar-refractivity contribution in [1.82, 2.24) is 0 Å². The molecule has 0 aliphatic carbocycles. The van der Waals surface area contributed by atoms with E-state index in [0.29, 0.717) is 5.88 Å². The van der Waals surface area contributed by atoms with Gasteiger partial charge >= 0.3 is 0 Å². The Morgan fingerprint density at radius 1 is 1.40 bits per heavy atom. The Morgan fingerprint density at radius 2 is 2.00 bits per heavy atom. The molecule has 1 nitrogen and oxygen atoms in total. The fourth-order valence-electron chi connectivity index (χ4n) is 0.505. The molecule has 0 spiro atoms. The topological polar surface area (TPSA) is 9.23 Å². The third kappa shape index (κ3) is 5.07. The summed E-state index contributed by atoms with van der Waals surface area (Å²) in [5, 5.41) is 0. The molecular formula is C8H17ClO. The number of rotatable bonds is 5. The molecule has 0 saturated carbocycles. The van der Waals surface area contributed by atoms with Gasteiger partial charge in [0.15, 0.2) is 0 Å². The first-order valence-electron chi connectivity index (χ1n) is 3.82. The number of alkyl halides is 1. The summed E-state index contributed by atoms with van der Waals surface area (Å²) >= 11 is 5.49. The summed E-state index contributed by atoms with van der Waals surface area (Å²) in [7, 11) is 0. The molecule has 0 N–H and O–H groups in total. The van der Waals surface area contributed by atoms with Gasteiger partial charge in [-0.2, -0.15) is 0 Å². The van der Waals surface area contributed by atoms with Gasteiger partial charge in [0.1, 0.15) is 0 Å². The van der Waals surface area contributed by atoms with Gasteiger partial charge in [-0.1, -0.05) is 6.92 Å². The quantitative estimate of drug-likeness (QED) is 0.449. The van der Waals surface area contributed by atoms with Crippen molar-refractivity contribution in [3.8, 4) is 0 Å². The largest absolute Gasteiger partial charge is 0.376 e. The second-order valence-corrected chi connectivity index (χ2v) is 3.38. The zero-order chi connectivity index (χ0) is 8.04. The minimum absolute atomic E-state index is 0.0338. The zero-order valence-electron chi connectivity index (χ0n) is 7.11. The van der Waals surface area contributed by atoms with Crippen LogP contribution < -0.4 is 0 Å². The Morgan fingerprint density at radius 3 is 2.40 bits per heavy atom. The van der Waals surface area contributed by atoms with Gasteiger partial charge in [0, 0.05) is 12.5 Å². The van der Waals surface area contributed by atoms with E-state index in [0.717, 1.165) is 19.4 Å². The van der Waals surface area contributed by atoms with E-state index in [9.17, 15) is 0 Å². The number of ether oxygens (including phenoxy) is 1. The minimum atomic E-state index is 0.0338. The van der Waals surface area contributed by atoms with Crippen LogP contribution in [0.1, 0.15) is 33.6 Å². The van der Waals surface area contributed by atoms with Crippen LogP contribution in [0.2, 0.25) is 0 Å². The molecule has 0 aliphatic rings. The maximum atomic E-state index is 5.53. The third-order valence-corrected chi connectivity index (χ3v) is 1.89. The summed E-state index contributed by atoms with van der Waals surface area (Å²) in [5.41, 5.74) is 0.0338. The highest BCUT2D eigenvalue weighted by atomic mass is 35.5. The van der Waals surface area contributed by atoms with Gasteiger partial charge in [-0.05, 0) is 26.7 Å². The molecule has 0 radical (unpaired) electrons. The number of halogens is 1. The van der Waals surface area contributed by atoms with Crippen molar-refractivity contribution < 1.29 is 4.74 Å². The van der Waals surface area contributed by atoms with E-state index in [2.05, 4.69) is 20.8 Å². The highest BCUT2D eigenvalue weighted by Crippen LogP contribution is 2.13. The van der Waals surface area contributed by atoms with E-state index in [1.54, 1.807) is 0 Å². The zero-order valence-corrected chi connectivity index (χ0v) is 7.87. The van der Waals surface area contributed by atoms with Crippen molar-refractivity contribution >= 4 is 11.6 Å². The van der Waals surface area contributed by atoms with Gasteiger partial charge in [-0.25, -0.2) is 0 Å². The van der Waals surface area contributed by atoms with Crippen molar-refractivity contribution in [1.29, 1.82) is 0 Å². The van der Waals surface area contributed by atoms with E-state index >= 15 is 0 Å². The summed E-state index contributed by atoms with van der Waals surface area (Å²) in [6.45, 7) is 7.10. The van der Waals surface area contributed by atoms with Gasteiger partial charge in [0.05, 0.1) is 5.60 Å². The lowest BCUT2D eigenvalue weighted by Crippen LogP contribution is -2.23. The van der Waals surface area contributed by atoms with E-state index in [1.807, 2.05) is 0 Å². The Bertz CT molecular complexity index is 81.3. The molecule has 0 rings (SSSR count). The molecular weight excluding hydrogens is 148 g/mol. The molecule has 0 aromatic rings. The summed E-state index contributed by atoms with van der Waals surface area (Å²) in [6, 6.07) is 0. The van der Waals surface area contributed by atoms with Crippen LogP contribution in [-0.4, -0.2) is 18.1 Å². The maximum absolute atomic E-state index is 5.53. The molecule has 2 heteroatoms. The van der Waals surface area contributed by atoms with Crippen LogP contribution in [0.3, 0.4) is 0 Å². The molecule has 0 saturated heterocycles. The summed E-state index contributed by atoms with van der Waals surface area (Å²) in [5.74, 6) is 0.694. The van der Waals surface area contributed by atoms with Gasteiger partial charge in [-0.3, -0.25) is 0 Å². The first-order valence-corrected chi connectivity index (χ1v) is 4.36. The van der Waals surface area contributed by atoms with Crippen molar-refractivity contribution in [2.45, 2.75) is 39.2 Å². The van der Waals surface area contributed by atoms with Gasteiger partial charge in [-0.15, -0.1) is 11.6 Å². The molecule has 0 atom stereocenters. The van der Waals surface area contributed by atoms with Crippen LogP contribution in [0, 0.1) is 0 Å². The Kier molecular flexibility index (Phi) is 5.10. The molecule has 0 heterocycles. The van der Waals surface area contributed by atoms with E-state index in [-0.39, 0.29) is 5.60 Å². The van der Waals surface area contributed by atoms with Crippen LogP contribution in [0.25, 0.3) is 0 Å². The second-order valence-electron chi connectivity index (χ2n) is 3.00. The lowest BCUT2D eigenvalue weighted by Gasteiger charge is -2.22. The van der Waals surface area contributed by atoms with Crippen LogP contribution in [-0.2, 0) is 4.74 Å². The Balaban J connectivity index is 3.28. The van der Waals surface area contributed by atoms with E-state index in [1.165, 1.54) is 0 Å². The predicted molar refractivity (Wildman–Crippen MR) is 45.7 cm³/mol. The van der Waals surface area contributed by atoms with Crippen molar-refractivity contribution in [3.63, 3.8) is 0 Å². The number of hydrogen-bond acceptors (Lipinski definition) is 1. The van der Waals surface area contributed by atoms with Crippen molar-refractivity contribution in [2.75, 3.05) is 12.5 Å². The van der Waals surface area contributed by atoms with Crippen molar-refractivity contribution in [3.05, 3.63) is 0 Å². The molecule has 0 aromatic carbocycles. The van der Waals surface area contributed by atoms with Gasteiger partial charge in [0.25, 0.3) is 0 Å². The summed E-state index contributed by atoms with van der Waals surface area (Å²) in [6.07, 6.45) is 2.00. The minimum Gasteiger partial charge on any atom is -0.376 e. The molecule has 0 aliphatic heterocycles. The Labute approximate surface area is 68.7 Å². The molecule has 0 unspecified atom stereocenters. The fourth-order valence-corrected chi connectivity index (χ4v) is 0.614. The SMILES string of the molecule is CCC(C)(C)OCCCCl. The predicted octanol–water partition coefficient (Wildman–Crippen LogP) is 2.82. The average molecular weight is 165 g/mol. The van der Waals surface area contributed by atoms with Crippen LogP contribution in [0.15, 0.2) is 0 Å². The molecule has 0 aromatic heterocycles. The summed E-state index contributed by atoms with van der Waals surface area (Å²) in [4.78, 5) is 0. The first kappa shape index (κ1) is 10.2. The molecule has 62 valence electrons. The highest BCUT2D eigenvalue weighted by Gasteiger charge is 2.13. The van der Waals surface area contributed by atoms with Crippen molar-refractivity contribution in [2.24, 2.45) is 0 Å². The average Bonchev–Trinajstić information content (AvgIpc) is 1.89. The summed E-state index contributed by atoms with van der Waals surface area (Å²) < 4.78 is 5.53. The third-order valence-electron chi connectivity index (χ3n) is 1.62. The Hall–Kier alpha value is 0.250. The van der Waals surface area contributed by atoms with Crippen LogP contribution in [0.4, 0.5) is 0 Å². The lowest BCUT2D eigenvalue weighted by atomic mass is 10.1. The fraction of sp³-hybridized carbons (Fsp3) is 1.00. The monoisotopic (exact) mass is 164 g/mol. The number of hydrogen-bond donors (Lipinski definition) is 0. The normalized spacial score (nSPS) is 12.0. The highest BCUT2D eigenvalue weighted by molar-refractivity contribution is 6.17. The lowest BCUT2D eigenvalue weighted by molar-refractivity contribution is -0.0192. The van der Waals surface area contributed by atoms with Gasteiger partial charge < -0.3 is 4.74 Å².